The van der Waals surface area contributed by atoms with Gasteiger partial charge in [0.2, 0.25) is 6.29 Å². The molecule has 4 N–H and O–H groups in total. The van der Waals surface area contributed by atoms with Crippen molar-refractivity contribution in [3.63, 3.8) is 0 Å². The van der Waals surface area contributed by atoms with Crippen molar-refractivity contribution in [2.75, 3.05) is 24.7 Å². The van der Waals surface area contributed by atoms with Crippen LogP contribution in [-0.4, -0.2) is 29.5 Å². The molecule has 0 atom stereocenters. The maximum absolute atomic E-state index is 12.6. The van der Waals surface area contributed by atoms with E-state index in [2.05, 4.69) is 9.97 Å². The first-order valence-corrected chi connectivity index (χ1v) is 6.51. The molecule has 1 aliphatic heterocycles. The number of anilines is 2. The zero-order valence-electron chi connectivity index (χ0n) is 11.9. The highest BCUT2D eigenvalue weighted by Crippen LogP contribution is 2.25. The van der Waals surface area contributed by atoms with Crippen LogP contribution in [0.5, 0.6) is 0 Å². The molecule has 2 aromatic rings. The molecule has 0 radical (unpaired) electrons. The van der Waals surface area contributed by atoms with Gasteiger partial charge in [-0.15, -0.1) is 0 Å². The summed E-state index contributed by atoms with van der Waals surface area (Å²) in [6.45, 7) is 1.03. The van der Waals surface area contributed by atoms with Gasteiger partial charge in [-0.3, -0.25) is 9.78 Å². The van der Waals surface area contributed by atoms with Crippen LogP contribution in [0.1, 0.15) is 22.5 Å². The minimum Gasteiger partial charge on any atom is -0.397 e. The van der Waals surface area contributed by atoms with Crippen molar-refractivity contribution >= 4 is 17.7 Å². The number of pyridine rings is 2. The molecule has 122 valence electrons. The standard InChI is InChI=1S/C8H9FN2O2.C6H5FN2O/c9-5-3-6(10)7(11-4-5)8-12-1-2-13-8;7-4-1-5(8)6(3-10)9-2-4/h3-4,8H,1-2,10H2;1-3H,8H2. The molecule has 1 saturated heterocycles. The number of nitrogens with two attached hydrogens (primary N) is 2. The summed E-state index contributed by atoms with van der Waals surface area (Å²) in [6, 6.07) is 2.25. The van der Waals surface area contributed by atoms with Gasteiger partial charge < -0.3 is 20.9 Å². The summed E-state index contributed by atoms with van der Waals surface area (Å²) in [5.74, 6) is -0.998. The predicted octanol–water partition coefficient (Wildman–Crippen LogP) is 1.46. The lowest BCUT2D eigenvalue weighted by molar-refractivity contribution is -0.0467. The van der Waals surface area contributed by atoms with Gasteiger partial charge in [0, 0.05) is 12.1 Å². The summed E-state index contributed by atoms with van der Waals surface area (Å²) in [5, 5.41) is 0. The molecular weight excluding hydrogens is 310 g/mol. The van der Waals surface area contributed by atoms with Crippen molar-refractivity contribution in [3.05, 3.63) is 47.5 Å². The van der Waals surface area contributed by atoms with E-state index < -0.39 is 17.9 Å². The minimum absolute atomic E-state index is 0.0648. The van der Waals surface area contributed by atoms with Gasteiger partial charge in [-0.05, 0) is 0 Å². The average Bonchev–Trinajstić information content (AvgIpc) is 3.02. The zero-order chi connectivity index (χ0) is 16.8. The van der Waals surface area contributed by atoms with Crippen LogP contribution >= 0.6 is 0 Å². The van der Waals surface area contributed by atoms with Crippen molar-refractivity contribution in [3.8, 4) is 0 Å². The normalized spacial score (nSPS) is 14.2. The number of rotatable bonds is 2. The Balaban J connectivity index is 0.000000174. The van der Waals surface area contributed by atoms with Gasteiger partial charge in [0.25, 0.3) is 0 Å². The maximum atomic E-state index is 12.6. The molecule has 3 rings (SSSR count). The third-order valence-corrected chi connectivity index (χ3v) is 2.79. The van der Waals surface area contributed by atoms with Crippen molar-refractivity contribution < 1.29 is 23.0 Å². The number of aldehydes is 1. The van der Waals surface area contributed by atoms with E-state index in [1.54, 1.807) is 0 Å². The van der Waals surface area contributed by atoms with E-state index in [9.17, 15) is 13.6 Å². The molecule has 1 fully saturated rings. The van der Waals surface area contributed by atoms with E-state index in [1.807, 2.05) is 0 Å². The number of nitrogen functional groups attached to an aromatic ring is 2. The fourth-order valence-electron chi connectivity index (χ4n) is 1.74. The highest BCUT2D eigenvalue weighted by molar-refractivity contribution is 5.79. The fraction of sp³-hybridized carbons (Fsp3) is 0.214. The van der Waals surface area contributed by atoms with Crippen molar-refractivity contribution in [1.29, 1.82) is 0 Å². The summed E-state index contributed by atoms with van der Waals surface area (Å²) in [5.41, 5.74) is 11.6. The van der Waals surface area contributed by atoms with Gasteiger partial charge in [0.15, 0.2) is 6.29 Å². The van der Waals surface area contributed by atoms with Crippen LogP contribution in [-0.2, 0) is 9.47 Å². The van der Waals surface area contributed by atoms with Crippen LogP contribution in [0.15, 0.2) is 24.5 Å². The monoisotopic (exact) mass is 324 g/mol. The molecule has 0 amide bonds. The molecular formula is C14H14F2N4O3. The number of nitrogens with zero attached hydrogens (tertiary/aromatic N) is 2. The molecule has 0 saturated carbocycles. The van der Waals surface area contributed by atoms with Crippen molar-refractivity contribution in [2.45, 2.75) is 6.29 Å². The number of carbonyl (C=O) groups is 1. The molecule has 9 heteroatoms. The second kappa shape index (κ2) is 7.56. The van der Waals surface area contributed by atoms with Gasteiger partial charge >= 0.3 is 0 Å². The minimum atomic E-state index is -0.541. The van der Waals surface area contributed by atoms with E-state index in [0.29, 0.717) is 25.2 Å². The second-order valence-corrected chi connectivity index (χ2v) is 4.45. The molecule has 0 aromatic carbocycles. The molecule has 0 aliphatic carbocycles. The van der Waals surface area contributed by atoms with Gasteiger partial charge in [-0.25, -0.2) is 13.8 Å². The first-order chi connectivity index (χ1) is 11.0. The number of carbonyl (C=O) groups excluding carboxylic acids is 1. The van der Waals surface area contributed by atoms with Crippen molar-refractivity contribution in [2.24, 2.45) is 0 Å². The van der Waals surface area contributed by atoms with Crippen LogP contribution in [0.3, 0.4) is 0 Å². The molecule has 3 heterocycles. The Morgan fingerprint density at radius 1 is 1.04 bits per heavy atom. The summed E-state index contributed by atoms with van der Waals surface area (Å²) in [7, 11) is 0. The highest BCUT2D eigenvalue weighted by atomic mass is 19.1. The van der Waals surface area contributed by atoms with E-state index in [-0.39, 0.29) is 17.1 Å². The van der Waals surface area contributed by atoms with Gasteiger partial charge in [-0.1, -0.05) is 0 Å². The molecule has 23 heavy (non-hydrogen) atoms. The predicted molar refractivity (Wildman–Crippen MR) is 77.2 cm³/mol. The smallest absolute Gasteiger partial charge is 0.203 e. The zero-order valence-corrected chi connectivity index (χ0v) is 11.9. The Morgan fingerprint density at radius 3 is 2.13 bits per heavy atom. The Morgan fingerprint density at radius 2 is 1.61 bits per heavy atom. The van der Waals surface area contributed by atoms with Gasteiger partial charge in [0.05, 0.1) is 37.0 Å². The maximum Gasteiger partial charge on any atom is 0.203 e. The van der Waals surface area contributed by atoms with E-state index in [4.69, 9.17) is 20.9 Å². The fourth-order valence-corrected chi connectivity index (χ4v) is 1.74. The van der Waals surface area contributed by atoms with E-state index in [0.717, 1.165) is 18.5 Å². The lowest BCUT2D eigenvalue weighted by atomic mass is 10.3. The Hall–Kier alpha value is -2.65. The summed E-state index contributed by atoms with van der Waals surface area (Å²) < 4.78 is 35.2. The SMILES string of the molecule is Nc1cc(F)cnc1C1OCCO1.Nc1cc(F)cnc1C=O. The third-order valence-electron chi connectivity index (χ3n) is 2.79. The number of halogens is 2. The van der Waals surface area contributed by atoms with Gasteiger partial charge in [-0.2, -0.15) is 0 Å². The average molecular weight is 324 g/mol. The topological polar surface area (TPSA) is 113 Å². The van der Waals surface area contributed by atoms with Crippen LogP contribution in [0, 0.1) is 11.6 Å². The van der Waals surface area contributed by atoms with Crippen molar-refractivity contribution in [1.82, 2.24) is 9.97 Å². The molecule has 7 nitrogen and oxygen atoms in total. The molecule has 0 spiro atoms. The van der Waals surface area contributed by atoms with Crippen LogP contribution in [0.4, 0.5) is 20.2 Å². The lowest BCUT2D eigenvalue weighted by Gasteiger charge is -2.10. The Labute approximate surface area is 130 Å². The molecule has 2 aromatic heterocycles. The lowest BCUT2D eigenvalue weighted by Crippen LogP contribution is -2.06. The summed E-state index contributed by atoms with van der Waals surface area (Å²) >= 11 is 0. The first-order valence-electron chi connectivity index (χ1n) is 6.51. The first kappa shape index (κ1) is 16.7. The summed E-state index contributed by atoms with van der Waals surface area (Å²) in [4.78, 5) is 17.3. The molecule has 1 aliphatic rings. The largest absolute Gasteiger partial charge is 0.397 e. The number of hydrogen-bond acceptors (Lipinski definition) is 7. The number of ether oxygens (including phenoxy) is 2. The Kier molecular flexibility index (Phi) is 5.50. The third kappa shape index (κ3) is 4.41. The number of aromatic nitrogens is 2. The van der Waals surface area contributed by atoms with Crippen LogP contribution in [0.25, 0.3) is 0 Å². The highest BCUT2D eigenvalue weighted by Gasteiger charge is 2.22. The van der Waals surface area contributed by atoms with E-state index >= 15 is 0 Å². The van der Waals surface area contributed by atoms with Crippen LogP contribution < -0.4 is 11.5 Å². The molecule has 0 unspecified atom stereocenters. The van der Waals surface area contributed by atoms with Crippen LogP contribution in [0.2, 0.25) is 0 Å². The molecule has 0 bridgehead atoms. The Bertz CT molecular complexity index is 694. The quantitative estimate of drug-likeness (QED) is 0.804. The summed E-state index contributed by atoms with van der Waals surface area (Å²) in [6.07, 6.45) is 1.98. The second-order valence-electron chi connectivity index (χ2n) is 4.45. The van der Waals surface area contributed by atoms with E-state index in [1.165, 1.54) is 6.07 Å². The number of hydrogen-bond donors (Lipinski definition) is 2. The van der Waals surface area contributed by atoms with Gasteiger partial charge in [0.1, 0.15) is 23.0 Å².